The highest BCUT2D eigenvalue weighted by Crippen LogP contribution is 2.26. The van der Waals surface area contributed by atoms with Gasteiger partial charge in [-0.1, -0.05) is 33.6 Å². The molecule has 10 heavy (non-hydrogen) atoms. The smallest absolute Gasteiger partial charge is 0.0645 e. The Morgan fingerprint density at radius 2 is 1.60 bits per heavy atom. The van der Waals surface area contributed by atoms with Crippen molar-refractivity contribution in [3.05, 3.63) is 0 Å². The molecule has 0 aliphatic carbocycles. The first-order chi connectivity index (χ1) is 4.58. The molecule has 0 heterocycles. The maximum Gasteiger partial charge on any atom is 0.0645 e. The van der Waals surface area contributed by atoms with Crippen LogP contribution in [0.25, 0.3) is 0 Å². The fourth-order valence-electron chi connectivity index (χ4n) is 1.46. The summed E-state index contributed by atoms with van der Waals surface area (Å²) in [5.74, 6) is 0.470. The highest BCUT2D eigenvalue weighted by Gasteiger charge is 2.26. The van der Waals surface area contributed by atoms with Gasteiger partial charge in [0, 0.05) is 0 Å². The first-order valence-electron chi connectivity index (χ1n) is 4.30. The van der Waals surface area contributed by atoms with Crippen molar-refractivity contribution in [1.29, 1.82) is 0 Å². The molecule has 0 amide bonds. The summed E-state index contributed by atoms with van der Waals surface area (Å²) in [6.45, 7) is 8.25. The number of hydrogen-bond acceptors (Lipinski definition) is 1. The predicted octanol–water partition coefficient (Wildman–Crippen LogP) is 2.58. The van der Waals surface area contributed by atoms with Crippen LogP contribution in [-0.2, 0) is 0 Å². The maximum absolute atomic E-state index is 9.78. The maximum atomic E-state index is 9.78. The van der Waals surface area contributed by atoms with Gasteiger partial charge in [0.05, 0.1) is 5.60 Å². The monoisotopic (exact) mass is 144 g/mol. The lowest BCUT2D eigenvalue weighted by Crippen LogP contribution is -2.32. The van der Waals surface area contributed by atoms with Crippen molar-refractivity contribution < 1.29 is 5.11 Å². The molecule has 0 radical (unpaired) electrons. The Kier molecular flexibility index (Phi) is 3.95. The molecule has 0 aromatic carbocycles. The lowest BCUT2D eigenvalue weighted by molar-refractivity contribution is -0.00785. The first kappa shape index (κ1) is 9.96. The zero-order chi connectivity index (χ0) is 8.20. The summed E-state index contributed by atoms with van der Waals surface area (Å²) in [7, 11) is 0. The summed E-state index contributed by atoms with van der Waals surface area (Å²) in [6.07, 6.45) is 3.02. The van der Waals surface area contributed by atoms with E-state index >= 15 is 0 Å². The van der Waals surface area contributed by atoms with Crippen molar-refractivity contribution in [2.75, 3.05) is 0 Å². The number of rotatable bonds is 4. The third kappa shape index (κ3) is 2.30. The second-order valence-corrected chi connectivity index (χ2v) is 3.22. The molecular formula is C9H20O. The van der Waals surface area contributed by atoms with Crippen molar-refractivity contribution in [1.82, 2.24) is 0 Å². The number of hydrogen-bond donors (Lipinski definition) is 1. The van der Waals surface area contributed by atoms with Crippen molar-refractivity contribution in [3.63, 3.8) is 0 Å². The summed E-state index contributed by atoms with van der Waals surface area (Å²) >= 11 is 0. The van der Waals surface area contributed by atoms with Crippen LogP contribution in [0.15, 0.2) is 0 Å². The molecule has 1 nitrogen and oxygen atoms in total. The van der Waals surface area contributed by atoms with Gasteiger partial charge in [0.25, 0.3) is 0 Å². The van der Waals surface area contributed by atoms with Gasteiger partial charge >= 0.3 is 0 Å². The van der Waals surface area contributed by atoms with Gasteiger partial charge in [0.15, 0.2) is 0 Å². The summed E-state index contributed by atoms with van der Waals surface area (Å²) < 4.78 is 0. The van der Waals surface area contributed by atoms with Crippen LogP contribution < -0.4 is 0 Å². The highest BCUT2D eigenvalue weighted by atomic mass is 16.3. The van der Waals surface area contributed by atoms with Crippen LogP contribution in [0.1, 0.15) is 47.0 Å². The van der Waals surface area contributed by atoms with E-state index in [0.717, 1.165) is 19.3 Å². The molecule has 62 valence electrons. The number of aliphatic hydroxyl groups is 1. The zero-order valence-electron chi connectivity index (χ0n) is 7.65. The second kappa shape index (κ2) is 3.97. The van der Waals surface area contributed by atoms with Crippen LogP contribution >= 0.6 is 0 Å². The molecule has 1 heteroatoms. The molecular weight excluding hydrogens is 124 g/mol. The normalized spacial score (nSPS) is 17.4. The Morgan fingerprint density at radius 1 is 1.20 bits per heavy atom. The molecule has 1 N–H and O–H groups in total. The van der Waals surface area contributed by atoms with E-state index in [2.05, 4.69) is 13.8 Å². The molecule has 0 saturated heterocycles. The first-order valence-corrected chi connectivity index (χ1v) is 4.30. The van der Waals surface area contributed by atoms with Crippen molar-refractivity contribution in [2.24, 2.45) is 5.92 Å². The molecule has 0 rings (SSSR count). The van der Waals surface area contributed by atoms with Crippen LogP contribution in [-0.4, -0.2) is 10.7 Å². The SMILES string of the molecule is CCC(CC)C(C)(O)CC. The summed E-state index contributed by atoms with van der Waals surface area (Å²) in [4.78, 5) is 0. The minimum atomic E-state index is -0.441. The molecule has 0 aromatic rings. The molecule has 0 aliphatic rings. The van der Waals surface area contributed by atoms with E-state index in [0.29, 0.717) is 5.92 Å². The van der Waals surface area contributed by atoms with Gasteiger partial charge in [0.2, 0.25) is 0 Å². The van der Waals surface area contributed by atoms with Crippen LogP contribution in [0.5, 0.6) is 0 Å². The molecule has 0 spiro atoms. The summed E-state index contributed by atoms with van der Waals surface area (Å²) in [6, 6.07) is 0. The van der Waals surface area contributed by atoms with Gasteiger partial charge in [-0.3, -0.25) is 0 Å². The average Bonchev–Trinajstić information content (AvgIpc) is 1.90. The molecule has 0 bridgehead atoms. The van der Waals surface area contributed by atoms with Gasteiger partial charge < -0.3 is 5.11 Å². The lowest BCUT2D eigenvalue weighted by Gasteiger charge is -2.30. The van der Waals surface area contributed by atoms with Crippen LogP contribution in [0, 0.1) is 5.92 Å². The fraction of sp³-hybridized carbons (Fsp3) is 1.00. The van der Waals surface area contributed by atoms with Gasteiger partial charge in [-0.15, -0.1) is 0 Å². The molecule has 1 unspecified atom stereocenters. The van der Waals surface area contributed by atoms with Gasteiger partial charge in [-0.2, -0.15) is 0 Å². The van der Waals surface area contributed by atoms with E-state index in [1.54, 1.807) is 0 Å². The predicted molar refractivity (Wildman–Crippen MR) is 45.0 cm³/mol. The third-order valence-corrected chi connectivity index (χ3v) is 2.58. The van der Waals surface area contributed by atoms with E-state index in [1.807, 2.05) is 13.8 Å². The largest absolute Gasteiger partial charge is 0.390 e. The topological polar surface area (TPSA) is 20.2 Å². The lowest BCUT2D eigenvalue weighted by atomic mass is 9.83. The molecule has 0 saturated carbocycles. The molecule has 0 fully saturated rings. The standard InChI is InChI=1S/C9H20O/c1-5-8(6-2)9(4,10)7-3/h8,10H,5-7H2,1-4H3. The van der Waals surface area contributed by atoms with E-state index in [9.17, 15) is 5.11 Å². The minimum Gasteiger partial charge on any atom is -0.390 e. The Labute approximate surface area is 64.5 Å². The van der Waals surface area contributed by atoms with E-state index < -0.39 is 5.60 Å². The second-order valence-electron chi connectivity index (χ2n) is 3.22. The Bertz CT molecular complexity index is 82.7. The van der Waals surface area contributed by atoms with E-state index in [-0.39, 0.29) is 0 Å². The average molecular weight is 144 g/mol. The zero-order valence-corrected chi connectivity index (χ0v) is 7.65. The quantitative estimate of drug-likeness (QED) is 0.643. The minimum absolute atomic E-state index is 0.441. The summed E-state index contributed by atoms with van der Waals surface area (Å²) in [5.41, 5.74) is -0.441. The van der Waals surface area contributed by atoms with Crippen molar-refractivity contribution in [2.45, 2.75) is 52.6 Å². The Balaban J connectivity index is 3.97. The Hall–Kier alpha value is -0.0400. The van der Waals surface area contributed by atoms with Gasteiger partial charge in [-0.25, -0.2) is 0 Å². The molecule has 0 aliphatic heterocycles. The van der Waals surface area contributed by atoms with Crippen molar-refractivity contribution >= 4 is 0 Å². The fourth-order valence-corrected chi connectivity index (χ4v) is 1.46. The van der Waals surface area contributed by atoms with Gasteiger partial charge in [0.1, 0.15) is 0 Å². The third-order valence-electron chi connectivity index (χ3n) is 2.58. The van der Waals surface area contributed by atoms with Crippen LogP contribution in [0.3, 0.4) is 0 Å². The highest BCUT2D eigenvalue weighted by molar-refractivity contribution is 4.78. The summed E-state index contributed by atoms with van der Waals surface area (Å²) in [5, 5.41) is 9.78. The van der Waals surface area contributed by atoms with Crippen LogP contribution in [0.2, 0.25) is 0 Å². The van der Waals surface area contributed by atoms with E-state index in [1.165, 1.54) is 0 Å². The molecule has 1 atom stereocenters. The Morgan fingerprint density at radius 3 is 1.70 bits per heavy atom. The van der Waals surface area contributed by atoms with Crippen molar-refractivity contribution in [3.8, 4) is 0 Å². The van der Waals surface area contributed by atoms with Gasteiger partial charge in [-0.05, 0) is 19.3 Å². The van der Waals surface area contributed by atoms with Crippen LogP contribution in [0.4, 0.5) is 0 Å². The molecule has 0 aromatic heterocycles. The van der Waals surface area contributed by atoms with E-state index in [4.69, 9.17) is 0 Å².